The van der Waals surface area contributed by atoms with Crippen molar-refractivity contribution in [1.82, 2.24) is 9.91 Å². The highest BCUT2D eigenvalue weighted by Crippen LogP contribution is 2.34. The van der Waals surface area contributed by atoms with Gasteiger partial charge in [-0.05, 0) is 35.2 Å². The zero-order chi connectivity index (χ0) is 24.8. The summed E-state index contributed by atoms with van der Waals surface area (Å²) in [7, 11) is 3.12. The molecule has 182 valence electrons. The first-order valence-corrected chi connectivity index (χ1v) is 12.0. The van der Waals surface area contributed by atoms with E-state index in [4.69, 9.17) is 9.47 Å². The van der Waals surface area contributed by atoms with E-state index >= 15 is 0 Å². The van der Waals surface area contributed by atoms with Crippen molar-refractivity contribution in [2.24, 2.45) is 5.10 Å². The zero-order valence-corrected chi connectivity index (χ0v) is 20.3. The molecule has 0 fully saturated rings. The van der Waals surface area contributed by atoms with Gasteiger partial charge in [-0.15, -0.1) is 11.3 Å². The molecule has 0 aliphatic carbocycles. The van der Waals surface area contributed by atoms with Crippen LogP contribution in [0, 0.1) is 5.82 Å². The second kappa shape index (κ2) is 11.2. The van der Waals surface area contributed by atoms with Crippen LogP contribution in [0.15, 0.2) is 71.1 Å². The molecule has 1 aliphatic heterocycles. The van der Waals surface area contributed by atoms with Gasteiger partial charge < -0.3 is 14.4 Å². The Morgan fingerprint density at radius 1 is 1.11 bits per heavy atom. The molecule has 0 spiro atoms. The van der Waals surface area contributed by atoms with Gasteiger partial charge in [0.05, 0.1) is 30.3 Å². The van der Waals surface area contributed by atoms with Gasteiger partial charge in [-0.1, -0.05) is 36.4 Å². The Morgan fingerprint density at radius 3 is 2.54 bits per heavy atom. The number of carbonyl (C=O) groups excluding carboxylic acids is 2. The molecule has 1 aliphatic rings. The second-order valence-corrected chi connectivity index (χ2v) is 8.90. The maximum Gasteiger partial charge on any atom is 0.264 e. The number of benzene rings is 2. The average Bonchev–Trinajstić information content (AvgIpc) is 3.57. The summed E-state index contributed by atoms with van der Waals surface area (Å²) in [5.74, 6) is -0.321. The Labute approximate surface area is 207 Å². The van der Waals surface area contributed by atoms with E-state index in [0.29, 0.717) is 28.3 Å². The highest BCUT2D eigenvalue weighted by molar-refractivity contribution is 7.12. The standard InChI is InChI=1S/C26H26FN3O4S/c1-33-14-13-29(26(32)24-8-5-15-35-24)17-25(31)30-23(18-9-11-19(34-2)12-10-18)16-22(28-30)20-6-3-4-7-21(20)27/h3-12,15,23H,13-14,16-17H2,1-2H3/t23-/m0/s1. The first kappa shape index (κ1) is 24.6. The van der Waals surface area contributed by atoms with E-state index < -0.39 is 11.9 Å². The summed E-state index contributed by atoms with van der Waals surface area (Å²) in [5, 5.41) is 7.72. The first-order chi connectivity index (χ1) is 17.0. The first-order valence-electron chi connectivity index (χ1n) is 11.1. The number of ether oxygens (including phenoxy) is 2. The Morgan fingerprint density at radius 2 is 1.89 bits per heavy atom. The van der Waals surface area contributed by atoms with Gasteiger partial charge in [-0.3, -0.25) is 9.59 Å². The summed E-state index contributed by atoms with van der Waals surface area (Å²) < 4.78 is 24.9. The zero-order valence-electron chi connectivity index (χ0n) is 19.5. The monoisotopic (exact) mass is 495 g/mol. The van der Waals surface area contributed by atoms with E-state index in [1.165, 1.54) is 27.3 Å². The number of hydrogen-bond acceptors (Lipinski definition) is 6. The van der Waals surface area contributed by atoms with Crippen molar-refractivity contribution in [3.8, 4) is 5.75 Å². The molecule has 0 saturated carbocycles. The topological polar surface area (TPSA) is 71.4 Å². The number of carbonyl (C=O) groups is 2. The van der Waals surface area contributed by atoms with E-state index in [9.17, 15) is 14.0 Å². The van der Waals surface area contributed by atoms with Gasteiger partial charge in [0, 0.05) is 25.6 Å². The lowest BCUT2D eigenvalue weighted by Crippen LogP contribution is -2.42. The maximum atomic E-state index is 14.5. The Hall–Kier alpha value is -3.56. The molecule has 2 amide bonds. The van der Waals surface area contributed by atoms with E-state index in [-0.39, 0.29) is 31.5 Å². The van der Waals surface area contributed by atoms with Gasteiger partial charge in [0.2, 0.25) is 0 Å². The normalized spacial score (nSPS) is 15.1. The number of hydrogen-bond donors (Lipinski definition) is 0. The van der Waals surface area contributed by atoms with Crippen LogP contribution in [0.2, 0.25) is 0 Å². The van der Waals surface area contributed by atoms with Gasteiger partial charge in [0.25, 0.3) is 11.8 Å². The van der Waals surface area contributed by atoms with Crippen molar-refractivity contribution in [2.45, 2.75) is 12.5 Å². The summed E-state index contributed by atoms with van der Waals surface area (Å²) in [4.78, 5) is 28.6. The quantitative estimate of drug-likeness (QED) is 0.442. The summed E-state index contributed by atoms with van der Waals surface area (Å²) >= 11 is 1.31. The molecule has 35 heavy (non-hydrogen) atoms. The van der Waals surface area contributed by atoms with Crippen molar-refractivity contribution in [3.05, 3.63) is 87.9 Å². The van der Waals surface area contributed by atoms with Crippen molar-refractivity contribution in [1.29, 1.82) is 0 Å². The molecule has 0 saturated heterocycles. The molecule has 2 aromatic carbocycles. The van der Waals surface area contributed by atoms with Crippen LogP contribution in [-0.4, -0.2) is 61.4 Å². The van der Waals surface area contributed by atoms with E-state index in [2.05, 4.69) is 5.10 Å². The number of amides is 2. The molecule has 3 aromatic rings. The Kier molecular flexibility index (Phi) is 7.89. The maximum absolute atomic E-state index is 14.5. The molecule has 9 heteroatoms. The van der Waals surface area contributed by atoms with Crippen molar-refractivity contribution in [3.63, 3.8) is 0 Å². The van der Waals surface area contributed by atoms with E-state index in [1.54, 1.807) is 44.6 Å². The summed E-state index contributed by atoms with van der Waals surface area (Å²) in [6.07, 6.45) is 0.343. The molecule has 0 radical (unpaired) electrons. The van der Waals surface area contributed by atoms with Crippen LogP contribution in [0.4, 0.5) is 4.39 Å². The van der Waals surface area contributed by atoms with Gasteiger partial charge in [-0.2, -0.15) is 5.10 Å². The van der Waals surface area contributed by atoms with Crippen LogP contribution >= 0.6 is 11.3 Å². The highest BCUT2D eigenvalue weighted by atomic mass is 32.1. The van der Waals surface area contributed by atoms with Gasteiger partial charge >= 0.3 is 0 Å². The number of thiophene rings is 1. The fourth-order valence-electron chi connectivity index (χ4n) is 3.93. The lowest BCUT2D eigenvalue weighted by atomic mass is 9.98. The Bertz CT molecular complexity index is 1200. The Balaban J connectivity index is 1.63. The molecule has 0 bridgehead atoms. The van der Waals surface area contributed by atoms with E-state index in [0.717, 1.165) is 5.56 Å². The van der Waals surface area contributed by atoms with Crippen LogP contribution in [0.5, 0.6) is 5.75 Å². The van der Waals surface area contributed by atoms with Crippen molar-refractivity contribution < 1.29 is 23.5 Å². The van der Waals surface area contributed by atoms with E-state index in [1.807, 2.05) is 29.6 Å². The SMILES string of the molecule is COCCN(CC(=O)N1N=C(c2ccccc2F)C[C@H]1c1ccc(OC)cc1)C(=O)c1cccs1. The number of methoxy groups -OCH3 is 2. The predicted octanol–water partition coefficient (Wildman–Crippen LogP) is 4.36. The van der Waals surface area contributed by atoms with Crippen LogP contribution < -0.4 is 4.74 Å². The largest absolute Gasteiger partial charge is 0.497 e. The molecule has 4 rings (SSSR count). The number of halogens is 1. The number of rotatable bonds is 9. The highest BCUT2D eigenvalue weighted by Gasteiger charge is 2.35. The van der Waals surface area contributed by atoms with Crippen LogP contribution in [0.1, 0.15) is 33.3 Å². The number of hydrazone groups is 1. The lowest BCUT2D eigenvalue weighted by molar-refractivity contribution is -0.133. The van der Waals surface area contributed by atoms with Gasteiger partial charge in [0.1, 0.15) is 18.1 Å². The summed E-state index contributed by atoms with van der Waals surface area (Å²) in [6, 6.07) is 16.8. The molecule has 7 nitrogen and oxygen atoms in total. The fourth-order valence-corrected chi connectivity index (χ4v) is 4.62. The minimum absolute atomic E-state index is 0.180. The third kappa shape index (κ3) is 5.58. The van der Waals surface area contributed by atoms with Gasteiger partial charge in [0.15, 0.2) is 0 Å². The minimum Gasteiger partial charge on any atom is -0.497 e. The smallest absolute Gasteiger partial charge is 0.264 e. The van der Waals surface area contributed by atoms with Gasteiger partial charge in [-0.25, -0.2) is 9.40 Å². The van der Waals surface area contributed by atoms with Crippen LogP contribution in [-0.2, 0) is 9.53 Å². The van der Waals surface area contributed by atoms with Crippen molar-refractivity contribution in [2.75, 3.05) is 33.9 Å². The average molecular weight is 496 g/mol. The second-order valence-electron chi connectivity index (χ2n) is 7.95. The third-order valence-corrected chi connectivity index (χ3v) is 6.62. The molecule has 1 atom stereocenters. The lowest BCUT2D eigenvalue weighted by Gasteiger charge is -2.26. The molecule has 1 aromatic heterocycles. The summed E-state index contributed by atoms with van der Waals surface area (Å²) in [5.41, 5.74) is 1.67. The van der Waals surface area contributed by atoms with Crippen molar-refractivity contribution >= 4 is 28.9 Å². The third-order valence-electron chi connectivity index (χ3n) is 5.76. The molecule has 2 heterocycles. The minimum atomic E-state index is -0.441. The number of nitrogens with zero attached hydrogens (tertiary/aromatic N) is 3. The van der Waals surface area contributed by atoms with Crippen LogP contribution in [0.25, 0.3) is 0 Å². The molecule has 0 N–H and O–H groups in total. The summed E-state index contributed by atoms with van der Waals surface area (Å²) in [6.45, 7) is 0.362. The molecule has 0 unspecified atom stereocenters. The molecular formula is C26H26FN3O4S. The predicted molar refractivity (Wildman–Crippen MR) is 132 cm³/mol. The fraction of sp³-hybridized carbons (Fsp3) is 0.269. The molecular weight excluding hydrogens is 469 g/mol. The van der Waals surface area contributed by atoms with Crippen LogP contribution in [0.3, 0.4) is 0 Å².